The van der Waals surface area contributed by atoms with Crippen molar-refractivity contribution < 1.29 is 14.4 Å². The Labute approximate surface area is 138 Å². The lowest BCUT2D eigenvalue weighted by molar-refractivity contribution is -0.130. The third-order valence-electron chi connectivity index (χ3n) is 4.82. The summed E-state index contributed by atoms with van der Waals surface area (Å²) in [5, 5.41) is 5.66. The number of carbonyl (C=O) groups is 3. The van der Waals surface area contributed by atoms with E-state index in [0.29, 0.717) is 32.1 Å². The monoisotopic (exact) mass is 323 g/mol. The van der Waals surface area contributed by atoms with Crippen molar-refractivity contribution in [3.63, 3.8) is 0 Å². The van der Waals surface area contributed by atoms with Gasteiger partial charge in [-0.05, 0) is 25.7 Å². The molecule has 2 rings (SSSR count). The fourth-order valence-corrected chi connectivity index (χ4v) is 3.52. The number of nitrogens with one attached hydrogen (secondary N) is 2. The lowest BCUT2D eigenvalue weighted by Gasteiger charge is -2.31. The molecule has 0 aromatic carbocycles. The molecule has 23 heavy (non-hydrogen) atoms. The average Bonchev–Trinajstić information content (AvgIpc) is 2.93. The molecule has 1 saturated carbocycles. The molecule has 1 aliphatic heterocycles. The third kappa shape index (κ3) is 5.52. The Morgan fingerprint density at radius 1 is 1.09 bits per heavy atom. The van der Waals surface area contributed by atoms with E-state index in [1.165, 1.54) is 26.2 Å². The molecule has 1 aliphatic carbocycles. The zero-order valence-electron chi connectivity index (χ0n) is 14.1. The van der Waals surface area contributed by atoms with Crippen molar-refractivity contribution in [2.75, 3.05) is 19.6 Å². The first kappa shape index (κ1) is 17.8. The first-order chi connectivity index (χ1) is 11.1. The highest BCUT2D eigenvalue weighted by atomic mass is 16.2. The van der Waals surface area contributed by atoms with Gasteiger partial charge >= 0.3 is 0 Å². The van der Waals surface area contributed by atoms with Crippen LogP contribution in [0.25, 0.3) is 0 Å². The highest BCUT2D eigenvalue weighted by Gasteiger charge is 2.37. The van der Waals surface area contributed by atoms with E-state index < -0.39 is 0 Å². The highest BCUT2D eigenvalue weighted by Crippen LogP contribution is 2.28. The quantitative estimate of drug-likeness (QED) is 0.691. The Morgan fingerprint density at radius 2 is 1.74 bits per heavy atom. The van der Waals surface area contributed by atoms with Crippen molar-refractivity contribution >= 4 is 17.7 Å². The normalized spacial score (nSPS) is 22.2. The molecular weight excluding hydrogens is 294 g/mol. The van der Waals surface area contributed by atoms with Gasteiger partial charge in [0, 0.05) is 39.0 Å². The van der Waals surface area contributed by atoms with Crippen molar-refractivity contribution in [1.82, 2.24) is 15.5 Å². The van der Waals surface area contributed by atoms with Crippen LogP contribution in [0.1, 0.15) is 58.3 Å². The minimum Gasteiger partial charge on any atom is -0.356 e. The molecule has 0 aromatic heterocycles. The second kappa shape index (κ2) is 8.89. The van der Waals surface area contributed by atoms with E-state index in [2.05, 4.69) is 10.6 Å². The Balaban J connectivity index is 1.65. The van der Waals surface area contributed by atoms with Gasteiger partial charge in [0.15, 0.2) is 0 Å². The van der Waals surface area contributed by atoms with Crippen LogP contribution < -0.4 is 10.6 Å². The fourth-order valence-electron chi connectivity index (χ4n) is 3.52. The maximum absolute atomic E-state index is 12.2. The fraction of sp³-hybridized carbons (Fsp3) is 0.824. The summed E-state index contributed by atoms with van der Waals surface area (Å²) in [6, 6.07) is 0.353. The van der Waals surface area contributed by atoms with Crippen molar-refractivity contribution in [2.24, 2.45) is 5.92 Å². The molecule has 0 spiro atoms. The zero-order chi connectivity index (χ0) is 16.7. The van der Waals surface area contributed by atoms with Crippen molar-refractivity contribution in [3.05, 3.63) is 0 Å². The number of amides is 3. The molecule has 0 aromatic rings. The summed E-state index contributed by atoms with van der Waals surface area (Å²) in [5.41, 5.74) is 0. The molecular formula is C17H29N3O3. The summed E-state index contributed by atoms with van der Waals surface area (Å²) in [7, 11) is 0. The SMILES string of the molecule is CC(=O)NCCCCNC(=O)C1CC(=O)N(C2CCCCC2)C1. The molecule has 1 heterocycles. The minimum absolute atomic E-state index is 0.00353. The Bertz CT molecular complexity index is 433. The van der Waals surface area contributed by atoms with Crippen LogP contribution in [0.5, 0.6) is 0 Å². The summed E-state index contributed by atoms with van der Waals surface area (Å²) in [5.74, 6) is -0.0834. The first-order valence-electron chi connectivity index (χ1n) is 8.89. The van der Waals surface area contributed by atoms with Gasteiger partial charge in [-0.1, -0.05) is 19.3 Å². The first-order valence-corrected chi connectivity index (χ1v) is 8.89. The number of nitrogens with zero attached hydrogens (tertiary/aromatic N) is 1. The van der Waals surface area contributed by atoms with Crippen LogP contribution in [-0.2, 0) is 14.4 Å². The average molecular weight is 323 g/mol. The van der Waals surface area contributed by atoms with Crippen molar-refractivity contribution in [2.45, 2.75) is 64.3 Å². The standard InChI is InChI=1S/C17H29N3O3/c1-13(21)18-9-5-6-10-19-17(23)14-11-16(22)20(12-14)15-7-3-2-4-8-15/h14-15H,2-12H2,1H3,(H,18,21)(H,19,23). The summed E-state index contributed by atoms with van der Waals surface area (Å²) >= 11 is 0. The van der Waals surface area contributed by atoms with Gasteiger partial charge in [-0.3, -0.25) is 14.4 Å². The predicted octanol–water partition coefficient (Wildman–Crippen LogP) is 1.20. The molecule has 1 saturated heterocycles. The van der Waals surface area contributed by atoms with Crippen LogP contribution in [0.3, 0.4) is 0 Å². The maximum Gasteiger partial charge on any atom is 0.225 e. The summed E-state index contributed by atoms with van der Waals surface area (Å²) < 4.78 is 0. The minimum atomic E-state index is -0.195. The third-order valence-corrected chi connectivity index (χ3v) is 4.82. The van der Waals surface area contributed by atoms with E-state index in [9.17, 15) is 14.4 Å². The number of likely N-dealkylation sites (tertiary alicyclic amines) is 1. The molecule has 6 heteroatoms. The van der Waals surface area contributed by atoms with Gasteiger partial charge in [0.05, 0.1) is 5.92 Å². The van der Waals surface area contributed by atoms with E-state index in [0.717, 1.165) is 25.7 Å². The second-order valence-corrected chi connectivity index (χ2v) is 6.72. The van der Waals surface area contributed by atoms with E-state index in [1.807, 2.05) is 4.90 Å². The molecule has 0 radical (unpaired) electrons. The van der Waals surface area contributed by atoms with Crippen LogP contribution >= 0.6 is 0 Å². The van der Waals surface area contributed by atoms with E-state index in [1.54, 1.807) is 0 Å². The molecule has 6 nitrogen and oxygen atoms in total. The van der Waals surface area contributed by atoms with Gasteiger partial charge in [-0.25, -0.2) is 0 Å². The Kier molecular flexibility index (Phi) is 6.86. The lowest BCUT2D eigenvalue weighted by Crippen LogP contribution is -2.39. The topological polar surface area (TPSA) is 78.5 Å². The molecule has 2 aliphatic rings. The molecule has 3 amide bonds. The smallest absolute Gasteiger partial charge is 0.225 e. The van der Waals surface area contributed by atoms with Gasteiger partial charge in [0.1, 0.15) is 0 Å². The van der Waals surface area contributed by atoms with Crippen molar-refractivity contribution in [1.29, 1.82) is 0 Å². The van der Waals surface area contributed by atoms with Crippen LogP contribution in [0.4, 0.5) is 0 Å². The van der Waals surface area contributed by atoms with Crippen LogP contribution in [0.15, 0.2) is 0 Å². The number of hydrogen-bond donors (Lipinski definition) is 2. The van der Waals surface area contributed by atoms with Gasteiger partial charge in [-0.2, -0.15) is 0 Å². The molecule has 2 N–H and O–H groups in total. The van der Waals surface area contributed by atoms with Gasteiger partial charge in [-0.15, -0.1) is 0 Å². The van der Waals surface area contributed by atoms with E-state index in [4.69, 9.17) is 0 Å². The molecule has 0 bridgehead atoms. The predicted molar refractivity (Wildman–Crippen MR) is 87.6 cm³/mol. The second-order valence-electron chi connectivity index (χ2n) is 6.72. The van der Waals surface area contributed by atoms with E-state index >= 15 is 0 Å². The van der Waals surface area contributed by atoms with Crippen molar-refractivity contribution in [3.8, 4) is 0 Å². The van der Waals surface area contributed by atoms with E-state index in [-0.39, 0.29) is 23.6 Å². The van der Waals surface area contributed by atoms with Crippen LogP contribution in [0, 0.1) is 5.92 Å². The molecule has 130 valence electrons. The Morgan fingerprint density at radius 3 is 2.39 bits per heavy atom. The summed E-state index contributed by atoms with van der Waals surface area (Å²) in [6.07, 6.45) is 7.86. The number of rotatable bonds is 7. The summed E-state index contributed by atoms with van der Waals surface area (Å²) in [6.45, 7) is 3.33. The lowest BCUT2D eigenvalue weighted by atomic mass is 9.94. The van der Waals surface area contributed by atoms with Gasteiger partial charge in [0.25, 0.3) is 0 Å². The van der Waals surface area contributed by atoms with Crippen LogP contribution in [0.2, 0.25) is 0 Å². The maximum atomic E-state index is 12.2. The number of hydrogen-bond acceptors (Lipinski definition) is 3. The molecule has 1 unspecified atom stereocenters. The zero-order valence-corrected chi connectivity index (χ0v) is 14.1. The molecule has 2 fully saturated rings. The van der Waals surface area contributed by atoms with Gasteiger partial charge < -0.3 is 15.5 Å². The van der Waals surface area contributed by atoms with Gasteiger partial charge in [0.2, 0.25) is 17.7 Å². The number of carbonyl (C=O) groups excluding carboxylic acids is 3. The number of unbranched alkanes of at least 4 members (excludes halogenated alkanes) is 1. The Hall–Kier alpha value is -1.59. The van der Waals surface area contributed by atoms with Crippen LogP contribution in [-0.4, -0.2) is 48.3 Å². The summed E-state index contributed by atoms with van der Waals surface area (Å²) in [4.78, 5) is 37.1. The highest BCUT2D eigenvalue weighted by molar-refractivity contribution is 5.89. The largest absolute Gasteiger partial charge is 0.356 e. The molecule has 1 atom stereocenters.